The number of phenolic OH excluding ortho intramolecular Hbond substituents is 1. The molecule has 0 fully saturated rings. The minimum absolute atomic E-state index is 0.159. The number of hydrogen-bond acceptors (Lipinski definition) is 4. The summed E-state index contributed by atoms with van der Waals surface area (Å²) < 4.78 is 21.1. The van der Waals surface area contributed by atoms with E-state index in [1.807, 2.05) is 37.3 Å². The number of phenols is 1. The maximum absolute atomic E-state index is 14.7. The number of benzene rings is 3. The number of hydrogen-bond donors (Lipinski definition) is 2. The highest BCUT2D eigenvalue weighted by Crippen LogP contribution is 2.38. The Morgan fingerprint density at radius 2 is 1.97 bits per heavy atom. The van der Waals surface area contributed by atoms with Gasteiger partial charge in [-0.25, -0.2) is 4.39 Å². The highest BCUT2D eigenvalue weighted by atomic mass is 79.9. The summed E-state index contributed by atoms with van der Waals surface area (Å²) >= 11 is 9.80. The third-order valence-electron chi connectivity index (χ3n) is 5.18. The van der Waals surface area contributed by atoms with E-state index in [1.165, 1.54) is 6.07 Å². The van der Waals surface area contributed by atoms with E-state index in [0.717, 1.165) is 21.5 Å². The molecule has 0 aromatic heterocycles. The normalized spacial score (nSPS) is 18.5. The SMILES string of the molecule is CCOc1ccc(C2=NC(c3c(F)cccc3Cl)NC(c3cc(Br)ccc3O)C2)cc1. The van der Waals surface area contributed by atoms with Crippen molar-refractivity contribution in [1.29, 1.82) is 0 Å². The van der Waals surface area contributed by atoms with Crippen molar-refractivity contribution in [2.24, 2.45) is 4.99 Å². The number of nitrogens with zero attached hydrogens (tertiary/aromatic N) is 1. The third kappa shape index (κ3) is 4.76. The van der Waals surface area contributed by atoms with Gasteiger partial charge >= 0.3 is 0 Å². The topological polar surface area (TPSA) is 53.8 Å². The van der Waals surface area contributed by atoms with E-state index in [0.29, 0.717) is 23.6 Å². The maximum Gasteiger partial charge on any atom is 0.131 e. The first-order valence-corrected chi connectivity index (χ1v) is 11.1. The Morgan fingerprint density at radius 1 is 1.19 bits per heavy atom. The Morgan fingerprint density at radius 3 is 2.68 bits per heavy atom. The molecule has 0 spiro atoms. The summed E-state index contributed by atoms with van der Waals surface area (Å²) in [5.41, 5.74) is 2.68. The van der Waals surface area contributed by atoms with Gasteiger partial charge < -0.3 is 9.84 Å². The van der Waals surface area contributed by atoms with Crippen LogP contribution in [0, 0.1) is 5.82 Å². The number of halogens is 3. The highest BCUT2D eigenvalue weighted by molar-refractivity contribution is 9.10. The van der Waals surface area contributed by atoms with Crippen LogP contribution in [0.1, 0.15) is 42.2 Å². The fourth-order valence-electron chi connectivity index (χ4n) is 3.72. The Labute approximate surface area is 193 Å². The fourth-order valence-corrected chi connectivity index (χ4v) is 4.36. The molecule has 0 bridgehead atoms. The average Bonchev–Trinajstić information content (AvgIpc) is 2.76. The van der Waals surface area contributed by atoms with Crippen LogP contribution in [-0.4, -0.2) is 17.4 Å². The molecule has 2 unspecified atom stereocenters. The summed E-state index contributed by atoms with van der Waals surface area (Å²) in [7, 11) is 0. The molecule has 0 amide bonds. The van der Waals surface area contributed by atoms with Crippen molar-refractivity contribution in [3.8, 4) is 11.5 Å². The van der Waals surface area contributed by atoms with Gasteiger partial charge in [-0.2, -0.15) is 0 Å². The van der Waals surface area contributed by atoms with Gasteiger partial charge in [0.25, 0.3) is 0 Å². The zero-order chi connectivity index (χ0) is 22.0. The maximum atomic E-state index is 14.7. The lowest BCUT2D eigenvalue weighted by Crippen LogP contribution is -2.33. The molecule has 4 nitrogen and oxygen atoms in total. The Kier molecular flexibility index (Phi) is 6.60. The first kappa shape index (κ1) is 21.8. The standard InChI is InChI=1S/C24H21BrClFN2O2/c1-2-31-16-9-6-14(7-10-16)20-13-21(17-12-15(25)8-11-22(17)30)29-24(28-20)23-18(26)4-3-5-19(23)27/h3-12,21,24,29-30H,2,13H2,1H3. The Balaban J connectivity index is 1.78. The molecule has 3 aromatic rings. The number of aromatic hydroxyl groups is 1. The first-order chi connectivity index (χ1) is 15.0. The van der Waals surface area contributed by atoms with Crippen LogP contribution in [0.25, 0.3) is 0 Å². The molecule has 4 rings (SSSR count). The predicted octanol–water partition coefficient (Wildman–Crippen LogP) is 6.57. The van der Waals surface area contributed by atoms with Gasteiger partial charge in [0.1, 0.15) is 23.5 Å². The summed E-state index contributed by atoms with van der Waals surface area (Å²) in [5.74, 6) is 0.501. The second-order valence-electron chi connectivity index (χ2n) is 7.20. The largest absolute Gasteiger partial charge is 0.508 e. The number of rotatable bonds is 5. The summed E-state index contributed by atoms with van der Waals surface area (Å²) in [6, 6.07) is 17.2. The second-order valence-corrected chi connectivity index (χ2v) is 8.52. The van der Waals surface area contributed by atoms with Crippen LogP contribution in [0.15, 0.2) is 70.1 Å². The van der Waals surface area contributed by atoms with Crippen LogP contribution in [0.4, 0.5) is 4.39 Å². The summed E-state index contributed by atoms with van der Waals surface area (Å²) in [6.07, 6.45) is -0.187. The molecule has 0 radical (unpaired) electrons. The second kappa shape index (κ2) is 9.39. The van der Waals surface area contributed by atoms with Gasteiger partial charge in [-0.15, -0.1) is 0 Å². The monoisotopic (exact) mass is 502 g/mol. The zero-order valence-electron chi connectivity index (χ0n) is 16.8. The van der Waals surface area contributed by atoms with E-state index in [-0.39, 0.29) is 17.4 Å². The van der Waals surface area contributed by atoms with Crippen LogP contribution >= 0.6 is 27.5 Å². The lowest BCUT2D eigenvalue weighted by Gasteiger charge is -2.31. The Bertz CT molecular complexity index is 1100. The van der Waals surface area contributed by atoms with Gasteiger partial charge in [-0.1, -0.05) is 33.6 Å². The molecule has 1 aliphatic heterocycles. The van der Waals surface area contributed by atoms with Gasteiger partial charge in [0.2, 0.25) is 0 Å². The van der Waals surface area contributed by atoms with Crippen molar-refractivity contribution in [3.63, 3.8) is 0 Å². The number of ether oxygens (including phenoxy) is 1. The van der Waals surface area contributed by atoms with Gasteiger partial charge in [0.05, 0.1) is 11.6 Å². The van der Waals surface area contributed by atoms with Crippen LogP contribution in [-0.2, 0) is 0 Å². The lowest BCUT2D eigenvalue weighted by atomic mass is 9.93. The average molecular weight is 504 g/mol. The van der Waals surface area contributed by atoms with E-state index in [4.69, 9.17) is 21.3 Å². The molecule has 1 heterocycles. The molecule has 2 atom stereocenters. The smallest absolute Gasteiger partial charge is 0.131 e. The molecule has 0 saturated heterocycles. The minimum Gasteiger partial charge on any atom is -0.508 e. The van der Waals surface area contributed by atoms with E-state index < -0.39 is 12.0 Å². The molecule has 0 aliphatic carbocycles. The molecular weight excluding hydrogens is 483 g/mol. The quantitative estimate of drug-likeness (QED) is 0.414. The molecule has 160 valence electrons. The molecule has 31 heavy (non-hydrogen) atoms. The lowest BCUT2D eigenvalue weighted by molar-refractivity contribution is 0.340. The van der Waals surface area contributed by atoms with Crippen LogP contribution in [0.3, 0.4) is 0 Å². The minimum atomic E-state index is -0.701. The van der Waals surface area contributed by atoms with Gasteiger partial charge in [0, 0.05) is 33.8 Å². The number of nitrogens with one attached hydrogen (secondary N) is 1. The molecule has 3 aromatic carbocycles. The van der Waals surface area contributed by atoms with Crippen LogP contribution in [0.2, 0.25) is 5.02 Å². The number of aliphatic imine (C=N–C) groups is 1. The van der Waals surface area contributed by atoms with Crippen LogP contribution < -0.4 is 10.1 Å². The molecular formula is C24H21BrClFN2O2. The van der Waals surface area contributed by atoms with E-state index >= 15 is 0 Å². The van der Waals surface area contributed by atoms with Crippen LogP contribution in [0.5, 0.6) is 11.5 Å². The van der Waals surface area contributed by atoms with Gasteiger partial charge in [0.15, 0.2) is 0 Å². The van der Waals surface area contributed by atoms with Crippen molar-refractivity contribution in [1.82, 2.24) is 5.32 Å². The molecule has 0 saturated carbocycles. The zero-order valence-corrected chi connectivity index (χ0v) is 19.1. The highest BCUT2D eigenvalue weighted by Gasteiger charge is 2.30. The van der Waals surface area contributed by atoms with Crippen molar-refractivity contribution in [2.45, 2.75) is 25.6 Å². The third-order valence-corrected chi connectivity index (χ3v) is 6.00. The summed E-state index contributed by atoms with van der Waals surface area (Å²) in [6.45, 7) is 2.52. The van der Waals surface area contributed by atoms with E-state index in [9.17, 15) is 9.50 Å². The summed E-state index contributed by atoms with van der Waals surface area (Å²) in [4.78, 5) is 4.79. The van der Waals surface area contributed by atoms with E-state index in [1.54, 1.807) is 24.3 Å². The first-order valence-electron chi connectivity index (χ1n) is 9.94. The van der Waals surface area contributed by atoms with Crippen molar-refractivity contribution in [2.75, 3.05) is 6.61 Å². The van der Waals surface area contributed by atoms with Crippen molar-refractivity contribution < 1.29 is 14.2 Å². The molecule has 7 heteroatoms. The van der Waals surface area contributed by atoms with Crippen molar-refractivity contribution >= 4 is 33.2 Å². The Hall–Kier alpha value is -2.41. The van der Waals surface area contributed by atoms with E-state index in [2.05, 4.69) is 21.2 Å². The van der Waals surface area contributed by atoms with Gasteiger partial charge in [-0.05, 0) is 67.1 Å². The molecule has 1 aliphatic rings. The predicted molar refractivity (Wildman–Crippen MR) is 125 cm³/mol. The summed E-state index contributed by atoms with van der Waals surface area (Å²) in [5, 5.41) is 14.1. The molecule has 2 N–H and O–H groups in total. The van der Waals surface area contributed by atoms with Crippen molar-refractivity contribution in [3.05, 3.63) is 92.7 Å². The van der Waals surface area contributed by atoms with Gasteiger partial charge in [-0.3, -0.25) is 10.3 Å². The fraction of sp³-hybridized carbons (Fsp3) is 0.208.